The smallest absolute Gasteiger partial charge is 0.225 e. The number of rotatable bonds is 3. The van der Waals surface area contributed by atoms with Crippen LogP contribution in [0.5, 0.6) is 0 Å². The van der Waals surface area contributed by atoms with Crippen LogP contribution in [0.2, 0.25) is 0 Å². The van der Waals surface area contributed by atoms with Crippen LogP contribution >= 0.6 is 12.4 Å². The molecular formula is C15H23ClN2O. The van der Waals surface area contributed by atoms with Gasteiger partial charge in [0.1, 0.15) is 0 Å². The Morgan fingerprint density at radius 3 is 2.58 bits per heavy atom. The normalized spacial score (nSPS) is 19.4. The lowest BCUT2D eigenvalue weighted by atomic mass is 9.92. The number of hydrogen-bond donors (Lipinski definition) is 2. The summed E-state index contributed by atoms with van der Waals surface area (Å²) in [5, 5.41) is 6.44. The van der Waals surface area contributed by atoms with Crippen molar-refractivity contribution in [1.29, 1.82) is 0 Å². The monoisotopic (exact) mass is 282 g/mol. The second kappa shape index (κ2) is 6.92. The first-order chi connectivity index (χ1) is 8.59. The van der Waals surface area contributed by atoms with Crippen molar-refractivity contribution in [2.75, 3.05) is 13.1 Å². The summed E-state index contributed by atoms with van der Waals surface area (Å²) < 4.78 is 0. The Hall–Kier alpha value is -1.06. The van der Waals surface area contributed by atoms with E-state index < -0.39 is 0 Å². The Kier molecular flexibility index (Phi) is 5.83. The van der Waals surface area contributed by atoms with Crippen molar-refractivity contribution in [2.45, 2.75) is 32.2 Å². The van der Waals surface area contributed by atoms with Crippen LogP contribution in [0.25, 0.3) is 0 Å². The van der Waals surface area contributed by atoms with E-state index in [4.69, 9.17) is 0 Å². The summed E-state index contributed by atoms with van der Waals surface area (Å²) >= 11 is 0. The molecular weight excluding hydrogens is 260 g/mol. The van der Waals surface area contributed by atoms with Crippen LogP contribution in [-0.2, 0) is 10.3 Å². The molecule has 2 N–H and O–H groups in total. The molecule has 1 fully saturated rings. The molecule has 3 nitrogen and oxygen atoms in total. The van der Waals surface area contributed by atoms with Crippen LogP contribution in [0.4, 0.5) is 0 Å². The highest BCUT2D eigenvalue weighted by Gasteiger charge is 2.27. The third kappa shape index (κ3) is 4.22. The average molecular weight is 283 g/mol. The Morgan fingerprint density at radius 1 is 1.32 bits per heavy atom. The summed E-state index contributed by atoms with van der Waals surface area (Å²) in [5.41, 5.74) is 0.831. The highest BCUT2D eigenvalue weighted by molar-refractivity contribution is 5.85. The van der Waals surface area contributed by atoms with Crippen LogP contribution in [-0.4, -0.2) is 19.0 Å². The summed E-state index contributed by atoms with van der Waals surface area (Å²) in [6.07, 6.45) is 2.08. The topological polar surface area (TPSA) is 41.1 Å². The first kappa shape index (κ1) is 16.0. The molecule has 1 aromatic carbocycles. The van der Waals surface area contributed by atoms with Crippen molar-refractivity contribution < 1.29 is 4.79 Å². The average Bonchev–Trinajstić information content (AvgIpc) is 2.40. The molecule has 0 aromatic heterocycles. The van der Waals surface area contributed by atoms with E-state index in [0.29, 0.717) is 0 Å². The molecule has 0 radical (unpaired) electrons. The second-order valence-corrected chi connectivity index (χ2v) is 5.52. The summed E-state index contributed by atoms with van der Waals surface area (Å²) in [6, 6.07) is 10.1. The number of amides is 1. The zero-order chi connectivity index (χ0) is 13.0. The van der Waals surface area contributed by atoms with E-state index in [1.165, 1.54) is 0 Å². The van der Waals surface area contributed by atoms with Gasteiger partial charge >= 0.3 is 0 Å². The van der Waals surface area contributed by atoms with Crippen molar-refractivity contribution in [3.63, 3.8) is 0 Å². The highest BCUT2D eigenvalue weighted by atomic mass is 35.5. The molecule has 1 unspecified atom stereocenters. The zero-order valence-corrected chi connectivity index (χ0v) is 12.4. The maximum absolute atomic E-state index is 12.2. The Morgan fingerprint density at radius 2 is 2.00 bits per heavy atom. The van der Waals surface area contributed by atoms with E-state index in [2.05, 4.69) is 36.6 Å². The maximum atomic E-state index is 12.2. The Bertz CT molecular complexity index is 400. The van der Waals surface area contributed by atoms with E-state index in [0.717, 1.165) is 31.5 Å². The third-order valence-corrected chi connectivity index (χ3v) is 3.60. The van der Waals surface area contributed by atoms with Gasteiger partial charge in [-0.2, -0.15) is 0 Å². The number of halogens is 1. The number of carbonyl (C=O) groups is 1. The van der Waals surface area contributed by atoms with Gasteiger partial charge in [0.25, 0.3) is 0 Å². The molecule has 1 heterocycles. The second-order valence-electron chi connectivity index (χ2n) is 5.52. The minimum absolute atomic E-state index is 0. The summed E-state index contributed by atoms with van der Waals surface area (Å²) in [4.78, 5) is 12.2. The summed E-state index contributed by atoms with van der Waals surface area (Å²) in [6.45, 7) is 5.94. The fourth-order valence-electron chi connectivity index (χ4n) is 2.41. The fourth-order valence-corrected chi connectivity index (χ4v) is 2.41. The van der Waals surface area contributed by atoms with Gasteiger partial charge < -0.3 is 10.6 Å². The minimum Gasteiger partial charge on any atom is -0.347 e. The van der Waals surface area contributed by atoms with Crippen LogP contribution in [0.3, 0.4) is 0 Å². The first-order valence-electron chi connectivity index (χ1n) is 6.68. The van der Waals surface area contributed by atoms with Crippen molar-refractivity contribution in [3.8, 4) is 0 Å². The van der Waals surface area contributed by atoms with Gasteiger partial charge in [-0.15, -0.1) is 12.4 Å². The summed E-state index contributed by atoms with van der Waals surface area (Å²) in [5.74, 6) is 0.276. The fraction of sp³-hybridized carbons (Fsp3) is 0.533. The SMILES string of the molecule is CC(C)(NC(=O)C1CCCNC1)c1ccccc1.Cl. The lowest BCUT2D eigenvalue weighted by molar-refractivity contribution is -0.127. The van der Waals surface area contributed by atoms with Gasteiger partial charge in [-0.3, -0.25) is 4.79 Å². The molecule has 0 bridgehead atoms. The van der Waals surface area contributed by atoms with Gasteiger partial charge in [-0.25, -0.2) is 0 Å². The van der Waals surface area contributed by atoms with Crippen molar-refractivity contribution in [1.82, 2.24) is 10.6 Å². The van der Waals surface area contributed by atoms with Gasteiger partial charge in [0.05, 0.1) is 11.5 Å². The molecule has 1 aliphatic heterocycles. The number of carbonyl (C=O) groups excluding carboxylic acids is 1. The van der Waals surface area contributed by atoms with E-state index in [1.807, 2.05) is 18.2 Å². The quantitative estimate of drug-likeness (QED) is 0.894. The van der Waals surface area contributed by atoms with Gasteiger partial charge in [0.2, 0.25) is 5.91 Å². The van der Waals surface area contributed by atoms with Crippen LogP contribution in [0.15, 0.2) is 30.3 Å². The van der Waals surface area contributed by atoms with E-state index >= 15 is 0 Å². The number of nitrogens with one attached hydrogen (secondary N) is 2. The highest BCUT2D eigenvalue weighted by Crippen LogP contribution is 2.21. The molecule has 0 saturated carbocycles. The molecule has 4 heteroatoms. The van der Waals surface area contributed by atoms with Crippen LogP contribution in [0.1, 0.15) is 32.3 Å². The summed E-state index contributed by atoms with van der Waals surface area (Å²) in [7, 11) is 0. The predicted molar refractivity (Wildman–Crippen MR) is 80.5 cm³/mol. The molecule has 1 aromatic rings. The largest absolute Gasteiger partial charge is 0.347 e. The number of piperidine rings is 1. The lowest BCUT2D eigenvalue weighted by Gasteiger charge is -2.30. The minimum atomic E-state index is -0.310. The molecule has 1 atom stereocenters. The van der Waals surface area contributed by atoms with Gasteiger partial charge in [0, 0.05) is 6.54 Å². The van der Waals surface area contributed by atoms with Gasteiger partial charge in [-0.05, 0) is 38.8 Å². The predicted octanol–water partition coefficient (Wildman–Crippen LogP) is 2.46. The number of hydrogen-bond acceptors (Lipinski definition) is 2. The van der Waals surface area contributed by atoms with Gasteiger partial charge in [-0.1, -0.05) is 30.3 Å². The zero-order valence-electron chi connectivity index (χ0n) is 11.6. The molecule has 1 saturated heterocycles. The van der Waals surface area contributed by atoms with E-state index in [9.17, 15) is 4.79 Å². The molecule has 0 aliphatic carbocycles. The maximum Gasteiger partial charge on any atom is 0.225 e. The first-order valence-corrected chi connectivity index (χ1v) is 6.68. The molecule has 1 aliphatic rings. The van der Waals surface area contributed by atoms with Crippen LogP contribution < -0.4 is 10.6 Å². The molecule has 19 heavy (non-hydrogen) atoms. The van der Waals surface area contributed by atoms with Crippen LogP contribution in [0, 0.1) is 5.92 Å². The Balaban J connectivity index is 0.00000180. The van der Waals surface area contributed by atoms with E-state index in [-0.39, 0.29) is 29.8 Å². The standard InChI is InChI=1S/C15H22N2O.ClH/c1-15(2,13-8-4-3-5-9-13)17-14(18)12-7-6-10-16-11-12;/h3-5,8-9,12,16H,6-7,10-11H2,1-2H3,(H,17,18);1H. The van der Waals surface area contributed by atoms with Crippen molar-refractivity contribution >= 4 is 18.3 Å². The molecule has 2 rings (SSSR count). The molecule has 0 spiro atoms. The number of benzene rings is 1. The van der Waals surface area contributed by atoms with Crippen molar-refractivity contribution in [2.24, 2.45) is 5.92 Å². The molecule has 106 valence electrons. The third-order valence-electron chi connectivity index (χ3n) is 3.60. The molecule has 1 amide bonds. The van der Waals surface area contributed by atoms with Crippen molar-refractivity contribution in [3.05, 3.63) is 35.9 Å². The lowest BCUT2D eigenvalue weighted by Crippen LogP contribution is -2.47. The Labute approximate surface area is 121 Å². The van der Waals surface area contributed by atoms with Gasteiger partial charge in [0.15, 0.2) is 0 Å². The van der Waals surface area contributed by atoms with E-state index in [1.54, 1.807) is 0 Å².